The molecule has 2 atom stereocenters. The smallest absolute Gasteiger partial charge is 0.136 e. The molecule has 4 heteroatoms. The lowest BCUT2D eigenvalue weighted by atomic mass is 10.00. The first kappa shape index (κ1) is 14.9. The lowest BCUT2D eigenvalue weighted by Crippen LogP contribution is -2.23. The van der Waals surface area contributed by atoms with E-state index >= 15 is 0 Å². The number of nitrogens with zero attached hydrogens (tertiary/aromatic N) is 1. The van der Waals surface area contributed by atoms with Crippen LogP contribution in [0.25, 0.3) is 0 Å². The number of aryl methyl sites for hydroxylation is 1. The fourth-order valence-corrected chi connectivity index (χ4v) is 2.30. The quantitative estimate of drug-likeness (QED) is 0.775. The Bertz CT molecular complexity index is 418. The summed E-state index contributed by atoms with van der Waals surface area (Å²) in [5.74, 6) is 1.50. The fourth-order valence-electron chi connectivity index (χ4n) is 2.04. The SMILES string of the molecule is CCC(C)CC(C)Nc1nccc(C)c1C(N)=S. The van der Waals surface area contributed by atoms with Gasteiger partial charge < -0.3 is 11.1 Å². The Kier molecular flexibility index (Phi) is 5.54. The highest BCUT2D eigenvalue weighted by molar-refractivity contribution is 7.80. The zero-order chi connectivity index (χ0) is 13.7. The van der Waals surface area contributed by atoms with Crippen LogP contribution in [-0.4, -0.2) is 16.0 Å². The van der Waals surface area contributed by atoms with Crippen LogP contribution in [0, 0.1) is 12.8 Å². The maximum atomic E-state index is 5.77. The minimum absolute atomic E-state index is 0.363. The molecule has 0 aliphatic carbocycles. The highest BCUT2D eigenvalue weighted by Gasteiger charge is 2.13. The summed E-state index contributed by atoms with van der Waals surface area (Å²) in [6.07, 6.45) is 4.09. The van der Waals surface area contributed by atoms with Crippen LogP contribution in [0.3, 0.4) is 0 Å². The van der Waals surface area contributed by atoms with Crippen molar-refractivity contribution < 1.29 is 0 Å². The van der Waals surface area contributed by atoms with Crippen molar-refractivity contribution >= 4 is 23.0 Å². The first-order valence-corrected chi connectivity index (χ1v) is 6.88. The molecule has 100 valence electrons. The van der Waals surface area contributed by atoms with E-state index < -0.39 is 0 Å². The summed E-state index contributed by atoms with van der Waals surface area (Å²) in [5, 5.41) is 3.42. The molecule has 0 amide bonds. The third kappa shape index (κ3) is 3.95. The number of aromatic nitrogens is 1. The zero-order valence-electron chi connectivity index (χ0n) is 11.7. The van der Waals surface area contributed by atoms with E-state index in [0.717, 1.165) is 23.4 Å². The van der Waals surface area contributed by atoms with Gasteiger partial charge in [0.1, 0.15) is 10.8 Å². The predicted octanol–water partition coefficient (Wildman–Crippen LogP) is 3.26. The molecule has 0 aliphatic heterocycles. The molecule has 1 heterocycles. The second-order valence-electron chi connectivity index (χ2n) is 5.01. The molecule has 2 unspecified atom stereocenters. The second-order valence-corrected chi connectivity index (χ2v) is 5.45. The number of anilines is 1. The van der Waals surface area contributed by atoms with E-state index in [1.807, 2.05) is 13.0 Å². The van der Waals surface area contributed by atoms with Crippen LogP contribution >= 0.6 is 12.2 Å². The molecule has 3 nitrogen and oxygen atoms in total. The minimum atomic E-state index is 0.363. The van der Waals surface area contributed by atoms with Gasteiger partial charge in [0, 0.05) is 12.2 Å². The van der Waals surface area contributed by atoms with Crippen molar-refractivity contribution in [2.75, 3.05) is 5.32 Å². The van der Waals surface area contributed by atoms with E-state index in [1.165, 1.54) is 6.42 Å². The third-order valence-electron chi connectivity index (χ3n) is 3.24. The van der Waals surface area contributed by atoms with Gasteiger partial charge in [-0.05, 0) is 37.8 Å². The van der Waals surface area contributed by atoms with Crippen LogP contribution in [0.2, 0.25) is 0 Å². The maximum Gasteiger partial charge on any atom is 0.136 e. The van der Waals surface area contributed by atoms with Crippen molar-refractivity contribution in [3.05, 3.63) is 23.4 Å². The normalized spacial score (nSPS) is 14.0. The Morgan fingerprint density at radius 1 is 1.50 bits per heavy atom. The van der Waals surface area contributed by atoms with E-state index in [4.69, 9.17) is 18.0 Å². The second kappa shape index (κ2) is 6.69. The van der Waals surface area contributed by atoms with Crippen molar-refractivity contribution in [2.24, 2.45) is 11.7 Å². The van der Waals surface area contributed by atoms with Gasteiger partial charge in [-0.25, -0.2) is 4.98 Å². The molecule has 0 aromatic carbocycles. The number of nitrogens with two attached hydrogens (primary N) is 1. The van der Waals surface area contributed by atoms with Crippen molar-refractivity contribution in [3.8, 4) is 0 Å². The van der Waals surface area contributed by atoms with Gasteiger partial charge in [-0.15, -0.1) is 0 Å². The molecule has 0 radical (unpaired) electrons. The van der Waals surface area contributed by atoms with Crippen molar-refractivity contribution in [3.63, 3.8) is 0 Å². The average molecular weight is 265 g/mol. The maximum absolute atomic E-state index is 5.77. The lowest BCUT2D eigenvalue weighted by molar-refractivity contribution is 0.483. The van der Waals surface area contributed by atoms with Crippen LogP contribution in [0.15, 0.2) is 12.3 Å². The minimum Gasteiger partial charge on any atom is -0.389 e. The van der Waals surface area contributed by atoms with E-state index in [0.29, 0.717) is 16.9 Å². The number of thiocarbonyl (C=S) groups is 1. The van der Waals surface area contributed by atoms with Crippen molar-refractivity contribution in [1.82, 2.24) is 4.98 Å². The van der Waals surface area contributed by atoms with Crippen LogP contribution < -0.4 is 11.1 Å². The molecule has 0 spiro atoms. The molecule has 0 fully saturated rings. The Balaban J connectivity index is 2.84. The van der Waals surface area contributed by atoms with E-state index in [2.05, 4.69) is 31.1 Å². The number of hydrogen-bond acceptors (Lipinski definition) is 3. The van der Waals surface area contributed by atoms with Crippen LogP contribution in [-0.2, 0) is 0 Å². The van der Waals surface area contributed by atoms with Crippen LogP contribution in [0.5, 0.6) is 0 Å². The first-order chi connectivity index (χ1) is 8.45. The Morgan fingerprint density at radius 3 is 2.72 bits per heavy atom. The van der Waals surface area contributed by atoms with Crippen molar-refractivity contribution in [2.45, 2.75) is 46.6 Å². The largest absolute Gasteiger partial charge is 0.389 e. The topological polar surface area (TPSA) is 50.9 Å². The molecule has 1 rings (SSSR count). The molecule has 3 N–H and O–H groups in total. The van der Waals surface area contributed by atoms with Gasteiger partial charge in [-0.2, -0.15) is 0 Å². The molecule has 0 bridgehead atoms. The van der Waals surface area contributed by atoms with Gasteiger partial charge in [-0.1, -0.05) is 32.5 Å². The van der Waals surface area contributed by atoms with Gasteiger partial charge in [0.15, 0.2) is 0 Å². The third-order valence-corrected chi connectivity index (χ3v) is 3.45. The summed E-state index contributed by atoms with van der Waals surface area (Å²) >= 11 is 5.10. The van der Waals surface area contributed by atoms with Gasteiger partial charge >= 0.3 is 0 Å². The van der Waals surface area contributed by atoms with Crippen LogP contribution in [0.1, 0.15) is 44.7 Å². The van der Waals surface area contributed by atoms with Gasteiger partial charge in [-0.3, -0.25) is 0 Å². The zero-order valence-corrected chi connectivity index (χ0v) is 12.5. The molecule has 1 aromatic rings. The molecule has 0 saturated heterocycles. The molecular weight excluding hydrogens is 242 g/mol. The number of nitrogens with one attached hydrogen (secondary N) is 1. The lowest BCUT2D eigenvalue weighted by Gasteiger charge is -2.20. The molecule has 1 aromatic heterocycles. The Morgan fingerprint density at radius 2 is 2.17 bits per heavy atom. The highest BCUT2D eigenvalue weighted by Crippen LogP contribution is 2.19. The van der Waals surface area contributed by atoms with Gasteiger partial charge in [0.25, 0.3) is 0 Å². The van der Waals surface area contributed by atoms with Gasteiger partial charge in [0.2, 0.25) is 0 Å². The summed E-state index contributed by atoms with van der Waals surface area (Å²) in [6.45, 7) is 8.64. The van der Waals surface area contributed by atoms with E-state index in [9.17, 15) is 0 Å². The fraction of sp³-hybridized carbons (Fsp3) is 0.571. The number of rotatable bonds is 6. The monoisotopic (exact) mass is 265 g/mol. The van der Waals surface area contributed by atoms with E-state index in [-0.39, 0.29) is 0 Å². The molecular formula is C14H23N3S. The number of hydrogen-bond donors (Lipinski definition) is 2. The summed E-state index contributed by atoms with van der Waals surface area (Å²) in [5.41, 5.74) is 7.70. The van der Waals surface area contributed by atoms with Crippen LogP contribution in [0.4, 0.5) is 5.82 Å². The summed E-state index contributed by atoms with van der Waals surface area (Å²) in [6, 6.07) is 2.29. The highest BCUT2D eigenvalue weighted by atomic mass is 32.1. The molecule has 0 saturated carbocycles. The Labute approximate surface area is 115 Å². The summed E-state index contributed by atoms with van der Waals surface area (Å²) < 4.78 is 0. The number of pyridine rings is 1. The first-order valence-electron chi connectivity index (χ1n) is 6.47. The predicted molar refractivity (Wildman–Crippen MR) is 82.0 cm³/mol. The van der Waals surface area contributed by atoms with E-state index in [1.54, 1.807) is 6.20 Å². The summed E-state index contributed by atoms with van der Waals surface area (Å²) in [7, 11) is 0. The van der Waals surface area contributed by atoms with Crippen molar-refractivity contribution in [1.29, 1.82) is 0 Å². The van der Waals surface area contributed by atoms with Gasteiger partial charge in [0.05, 0.1) is 5.56 Å². The summed E-state index contributed by atoms with van der Waals surface area (Å²) in [4.78, 5) is 4.76. The standard InChI is InChI=1S/C14H23N3S/c1-5-9(2)8-11(4)17-14-12(13(15)18)10(3)6-7-16-14/h6-7,9,11H,5,8H2,1-4H3,(H2,15,18)(H,16,17). The average Bonchev–Trinajstić information content (AvgIpc) is 2.28. The molecule has 18 heavy (non-hydrogen) atoms. The Hall–Kier alpha value is -1.16. The molecule has 0 aliphatic rings.